The van der Waals surface area contributed by atoms with Gasteiger partial charge in [0.15, 0.2) is 5.13 Å². The molecule has 0 unspecified atom stereocenters. The summed E-state index contributed by atoms with van der Waals surface area (Å²) in [5.74, 6) is 0.368. The lowest BCUT2D eigenvalue weighted by atomic mass is 10.2. The number of carbonyl (C=O) groups is 1. The number of aromatic nitrogens is 1. The first-order chi connectivity index (χ1) is 10.2. The molecule has 21 heavy (non-hydrogen) atoms. The van der Waals surface area contributed by atoms with E-state index in [2.05, 4.69) is 9.88 Å². The number of hydrogen-bond donors (Lipinski definition) is 1. The lowest BCUT2D eigenvalue weighted by Crippen LogP contribution is -2.36. The van der Waals surface area contributed by atoms with Gasteiger partial charge in [-0.15, -0.1) is 0 Å². The summed E-state index contributed by atoms with van der Waals surface area (Å²) >= 11 is 1.40. The molecular formula is C14H22N4O2S. The Balaban J connectivity index is 1.75. The molecule has 116 valence electrons. The first kappa shape index (κ1) is 14.6. The van der Waals surface area contributed by atoms with Gasteiger partial charge in [0.25, 0.3) is 5.91 Å². The average molecular weight is 310 g/mol. The molecule has 1 aliphatic carbocycles. The van der Waals surface area contributed by atoms with E-state index in [0.29, 0.717) is 30.0 Å². The summed E-state index contributed by atoms with van der Waals surface area (Å²) in [6, 6.07) is 0.353. The van der Waals surface area contributed by atoms with Crippen LogP contribution in [-0.4, -0.2) is 55.2 Å². The van der Waals surface area contributed by atoms with Crippen LogP contribution in [-0.2, 0) is 4.74 Å². The molecule has 0 aromatic carbocycles. The summed E-state index contributed by atoms with van der Waals surface area (Å²) in [5, 5.41) is 0.832. The number of carbonyl (C=O) groups excluding carboxylic acids is 1. The van der Waals surface area contributed by atoms with E-state index in [0.717, 1.165) is 31.1 Å². The molecule has 2 aliphatic rings. The van der Waals surface area contributed by atoms with Crippen molar-refractivity contribution in [1.82, 2.24) is 9.88 Å². The van der Waals surface area contributed by atoms with Crippen molar-refractivity contribution in [2.45, 2.75) is 31.7 Å². The van der Waals surface area contributed by atoms with Crippen molar-refractivity contribution >= 4 is 28.2 Å². The first-order valence-electron chi connectivity index (χ1n) is 7.53. The summed E-state index contributed by atoms with van der Waals surface area (Å²) in [6.07, 6.45) is 4.60. The van der Waals surface area contributed by atoms with Gasteiger partial charge in [-0.25, -0.2) is 4.98 Å². The minimum Gasteiger partial charge on any atom is -0.382 e. The molecule has 1 saturated carbocycles. The Labute approximate surface area is 128 Å². The van der Waals surface area contributed by atoms with Crippen LogP contribution in [0.4, 0.5) is 10.9 Å². The topological polar surface area (TPSA) is 71.7 Å². The predicted molar refractivity (Wildman–Crippen MR) is 83.9 cm³/mol. The van der Waals surface area contributed by atoms with Crippen LogP contribution in [0.25, 0.3) is 0 Å². The Morgan fingerprint density at radius 1 is 1.38 bits per heavy atom. The molecule has 1 aliphatic heterocycles. The zero-order valence-corrected chi connectivity index (χ0v) is 13.2. The number of ether oxygens (including phenoxy) is 1. The highest BCUT2D eigenvalue weighted by Gasteiger charge is 2.28. The number of nitrogens with two attached hydrogens (primary N) is 1. The second-order valence-corrected chi connectivity index (χ2v) is 6.64. The third-order valence-electron chi connectivity index (χ3n) is 4.31. The maximum Gasteiger partial charge on any atom is 0.267 e. The van der Waals surface area contributed by atoms with E-state index in [1.54, 1.807) is 0 Å². The summed E-state index contributed by atoms with van der Waals surface area (Å²) in [6.45, 7) is 3.01. The molecule has 0 radical (unpaired) electrons. The fraction of sp³-hybridized carbons (Fsp3) is 0.714. The third kappa shape index (κ3) is 2.98. The molecule has 0 spiro atoms. The number of morpholine rings is 1. The molecular weight excluding hydrogens is 288 g/mol. The zero-order chi connectivity index (χ0) is 14.8. The SMILES string of the molecule is CN(C(=O)c1sc(N2CCOCC2)nc1N)C1CCCC1. The second-order valence-electron chi connectivity index (χ2n) is 5.66. The van der Waals surface area contributed by atoms with E-state index in [1.165, 1.54) is 24.2 Å². The van der Waals surface area contributed by atoms with Crippen LogP contribution in [0.3, 0.4) is 0 Å². The lowest BCUT2D eigenvalue weighted by Gasteiger charge is -2.26. The van der Waals surface area contributed by atoms with Gasteiger partial charge in [0.05, 0.1) is 13.2 Å². The van der Waals surface area contributed by atoms with E-state index in [-0.39, 0.29) is 5.91 Å². The molecule has 1 aromatic rings. The minimum absolute atomic E-state index is 0.0106. The average Bonchev–Trinajstić information content (AvgIpc) is 3.16. The normalized spacial score (nSPS) is 20.0. The van der Waals surface area contributed by atoms with Crippen LogP contribution >= 0.6 is 11.3 Å². The quantitative estimate of drug-likeness (QED) is 0.917. The monoisotopic (exact) mass is 310 g/mol. The molecule has 2 fully saturated rings. The molecule has 2 N–H and O–H groups in total. The highest BCUT2D eigenvalue weighted by Crippen LogP contribution is 2.31. The molecule has 1 amide bonds. The number of nitrogens with zero attached hydrogens (tertiary/aromatic N) is 3. The van der Waals surface area contributed by atoms with Gasteiger partial charge in [-0.2, -0.15) is 0 Å². The third-order valence-corrected chi connectivity index (χ3v) is 5.43. The van der Waals surface area contributed by atoms with E-state index in [9.17, 15) is 4.79 Å². The van der Waals surface area contributed by atoms with E-state index < -0.39 is 0 Å². The Morgan fingerprint density at radius 3 is 2.71 bits per heavy atom. The molecule has 2 heterocycles. The second kappa shape index (κ2) is 6.19. The summed E-state index contributed by atoms with van der Waals surface area (Å²) in [7, 11) is 1.88. The number of hydrogen-bond acceptors (Lipinski definition) is 6. The summed E-state index contributed by atoms with van der Waals surface area (Å²) in [4.78, 5) is 21.6. The molecule has 0 bridgehead atoms. The van der Waals surface area contributed by atoms with Gasteiger partial charge < -0.3 is 20.3 Å². The highest BCUT2D eigenvalue weighted by molar-refractivity contribution is 7.18. The van der Waals surface area contributed by atoms with Crippen molar-refractivity contribution in [3.05, 3.63) is 4.88 Å². The van der Waals surface area contributed by atoms with Crippen LogP contribution in [0.15, 0.2) is 0 Å². The van der Waals surface area contributed by atoms with Crippen molar-refractivity contribution in [1.29, 1.82) is 0 Å². The number of thiazole rings is 1. The molecule has 0 atom stereocenters. The van der Waals surface area contributed by atoms with Crippen molar-refractivity contribution in [3.63, 3.8) is 0 Å². The fourth-order valence-corrected chi connectivity index (χ4v) is 4.00. The van der Waals surface area contributed by atoms with Gasteiger partial charge in [0, 0.05) is 26.2 Å². The van der Waals surface area contributed by atoms with Gasteiger partial charge in [-0.1, -0.05) is 24.2 Å². The van der Waals surface area contributed by atoms with Crippen LogP contribution < -0.4 is 10.6 Å². The molecule has 7 heteroatoms. The highest BCUT2D eigenvalue weighted by atomic mass is 32.1. The van der Waals surface area contributed by atoms with E-state index in [4.69, 9.17) is 10.5 Å². The van der Waals surface area contributed by atoms with Crippen molar-refractivity contribution < 1.29 is 9.53 Å². The van der Waals surface area contributed by atoms with Crippen LogP contribution in [0.5, 0.6) is 0 Å². The number of nitrogen functional groups attached to an aromatic ring is 1. The summed E-state index contributed by atoms with van der Waals surface area (Å²) in [5.41, 5.74) is 5.98. The largest absolute Gasteiger partial charge is 0.382 e. The number of amides is 1. The molecule has 1 aromatic heterocycles. The van der Waals surface area contributed by atoms with Gasteiger partial charge in [0.1, 0.15) is 10.7 Å². The van der Waals surface area contributed by atoms with Crippen LogP contribution in [0.2, 0.25) is 0 Å². The maximum atomic E-state index is 12.6. The van der Waals surface area contributed by atoms with Crippen molar-refractivity contribution in [3.8, 4) is 0 Å². The lowest BCUT2D eigenvalue weighted by molar-refractivity contribution is 0.0741. The smallest absolute Gasteiger partial charge is 0.267 e. The van der Waals surface area contributed by atoms with Gasteiger partial charge in [0.2, 0.25) is 0 Å². The summed E-state index contributed by atoms with van der Waals surface area (Å²) < 4.78 is 5.34. The van der Waals surface area contributed by atoms with Crippen LogP contribution in [0, 0.1) is 0 Å². The Morgan fingerprint density at radius 2 is 2.05 bits per heavy atom. The molecule has 3 rings (SSSR count). The Bertz CT molecular complexity index is 507. The number of rotatable bonds is 3. The first-order valence-corrected chi connectivity index (χ1v) is 8.34. The van der Waals surface area contributed by atoms with Gasteiger partial charge in [-0.05, 0) is 12.8 Å². The van der Waals surface area contributed by atoms with Gasteiger partial charge >= 0.3 is 0 Å². The number of anilines is 2. The maximum absolute atomic E-state index is 12.6. The fourth-order valence-electron chi connectivity index (χ4n) is 2.98. The zero-order valence-electron chi connectivity index (χ0n) is 12.4. The standard InChI is InChI=1S/C14H22N4O2S/c1-17(10-4-2-3-5-10)13(19)11-12(15)16-14(21-11)18-6-8-20-9-7-18/h10H,2-9,15H2,1H3. The minimum atomic E-state index is 0.0106. The molecule has 1 saturated heterocycles. The van der Waals surface area contributed by atoms with Crippen molar-refractivity contribution in [2.75, 3.05) is 44.0 Å². The van der Waals surface area contributed by atoms with Crippen LogP contribution in [0.1, 0.15) is 35.4 Å². The van der Waals surface area contributed by atoms with E-state index in [1.807, 2.05) is 11.9 Å². The molecule has 6 nitrogen and oxygen atoms in total. The van der Waals surface area contributed by atoms with Gasteiger partial charge in [-0.3, -0.25) is 4.79 Å². The Hall–Kier alpha value is -1.34. The van der Waals surface area contributed by atoms with Crippen molar-refractivity contribution in [2.24, 2.45) is 0 Å². The Kier molecular flexibility index (Phi) is 4.30. The van der Waals surface area contributed by atoms with E-state index >= 15 is 0 Å². The predicted octanol–water partition coefficient (Wildman–Crippen LogP) is 1.58.